The summed E-state index contributed by atoms with van der Waals surface area (Å²) in [6.45, 7) is 0.265. The van der Waals surface area contributed by atoms with E-state index in [4.69, 9.17) is 5.11 Å². The molecule has 19 heavy (non-hydrogen) atoms. The first-order valence-corrected chi connectivity index (χ1v) is 6.13. The Morgan fingerprint density at radius 1 is 1.42 bits per heavy atom. The van der Waals surface area contributed by atoms with Gasteiger partial charge in [-0.25, -0.2) is 4.39 Å². The number of fused-ring (bicyclic) bond motifs is 1. The highest BCUT2D eigenvalue weighted by atomic mass is 19.1. The van der Waals surface area contributed by atoms with Gasteiger partial charge in [0.05, 0.1) is 5.56 Å². The summed E-state index contributed by atoms with van der Waals surface area (Å²) in [5.41, 5.74) is 1.15. The van der Waals surface area contributed by atoms with E-state index in [1.54, 1.807) is 0 Å². The van der Waals surface area contributed by atoms with Crippen LogP contribution in [0.15, 0.2) is 12.1 Å². The third-order valence-electron chi connectivity index (χ3n) is 2.95. The van der Waals surface area contributed by atoms with E-state index < -0.39 is 11.7 Å². The molecule has 0 saturated carbocycles. The van der Waals surface area contributed by atoms with Crippen molar-refractivity contribution in [3.63, 3.8) is 0 Å². The van der Waals surface area contributed by atoms with E-state index in [-0.39, 0.29) is 18.1 Å². The highest BCUT2D eigenvalue weighted by Gasteiger charge is 2.20. The summed E-state index contributed by atoms with van der Waals surface area (Å²) in [7, 11) is 0. The summed E-state index contributed by atoms with van der Waals surface area (Å²) in [5.74, 6) is -1.32. The number of nitrogens with one attached hydrogen (secondary N) is 2. The van der Waals surface area contributed by atoms with Gasteiger partial charge in [-0.2, -0.15) is 0 Å². The third-order valence-corrected chi connectivity index (χ3v) is 2.95. The van der Waals surface area contributed by atoms with E-state index in [2.05, 4.69) is 10.6 Å². The second-order valence-corrected chi connectivity index (χ2v) is 4.37. The number of anilines is 1. The molecule has 0 unspecified atom stereocenters. The fraction of sp³-hybridized carbons (Fsp3) is 0.385. The van der Waals surface area contributed by atoms with Gasteiger partial charge in [-0.05, 0) is 30.5 Å². The van der Waals surface area contributed by atoms with Crippen LogP contribution in [0.4, 0.5) is 10.1 Å². The van der Waals surface area contributed by atoms with Gasteiger partial charge in [0.2, 0.25) is 5.91 Å². The molecule has 0 radical (unpaired) electrons. The number of aryl methyl sites for hydroxylation is 1. The molecule has 102 valence electrons. The lowest BCUT2D eigenvalue weighted by Gasteiger charge is -2.18. The van der Waals surface area contributed by atoms with Gasteiger partial charge >= 0.3 is 0 Å². The molecule has 0 spiro atoms. The minimum Gasteiger partial charge on any atom is -0.396 e. The maximum atomic E-state index is 13.8. The number of amides is 2. The van der Waals surface area contributed by atoms with Crippen LogP contribution in [0.25, 0.3) is 0 Å². The summed E-state index contributed by atoms with van der Waals surface area (Å²) in [6.07, 6.45) is 1.26. The molecule has 0 saturated heterocycles. The monoisotopic (exact) mass is 266 g/mol. The van der Waals surface area contributed by atoms with Gasteiger partial charge in [0, 0.05) is 25.3 Å². The Hall–Kier alpha value is -1.95. The Bertz CT molecular complexity index is 517. The van der Waals surface area contributed by atoms with Gasteiger partial charge in [0.1, 0.15) is 5.82 Å². The van der Waals surface area contributed by atoms with Crippen molar-refractivity contribution in [3.8, 4) is 0 Å². The maximum absolute atomic E-state index is 13.8. The average molecular weight is 266 g/mol. The fourth-order valence-corrected chi connectivity index (χ4v) is 1.95. The maximum Gasteiger partial charge on any atom is 0.254 e. The molecule has 1 aliphatic heterocycles. The lowest BCUT2D eigenvalue weighted by molar-refractivity contribution is -0.116. The predicted octanol–water partition coefficient (Wildman–Crippen LogP) is 0.823. The van der Waals surface area contributed by atoms with Gasteiger partial charge in [-0.1, -0.05) is 0 Å². The van der Waals surface area contributed by atoms with Crippen LogP contribution < -0.4 is 10.6 Å². The van der Waals surface area contributed by atoms with Gasteiger partial charge < -0.3 is 15.7 Å². The summed E-state index contributed by atoms with van der Waals surface area (Å²) in [4.78, 5) is 23.0. The van der Waals surface area contributed by atoms with E-state index in [9.17, 15) is 14.0 Å². The Balaban J connectivity index is 2.18. The van der Waals surface area contributed by atoms with Crippen LogP contribution in [0.5, 0.6) is 0 Å². The molecular weight excluding hydrogens is 251 g/mol. The summed E-state index contributed by atoms with van der Waals surface area (Å²) in [5, 5.41) is 13.7. The molecule has 1 heterocycles. The molecule has 3 N–H and O–H groups in total. The molecule has 1 aromatic carbocycles. The average Bonchev–Trinajstić information content (AvgIpc) is 2.38. The quantitative estimate of drug-likeness (QED) is 0.706. The third kappa shape index (κ3) is 3.08. The molecule has 6 heteroatoms. The van der Waals surface area contributed by atoms with Gasteiger partial charge in [0.25, 0.3) is 5.91 Å². The number of hydrogen-bond donors (Lipinski definition) is 3. The van der Waals surface area contributed by atoms with Crippen molar-refractivity contribution in [1.82, 2.24) is 5.32 Å². The molecule has 2 amide bonds. The Morgan fingerprint density at radius 2 is 2.21 bits per heavy atom. The molecule has 5 nitrogen and oxygen atoms in total. The summed E-state index contributed by atoms with van der Waals surface area (Å²) in [6, 6.07) is 2.64. The van der Waals surface area contributed by atoms with Crippen molar-refractivity contribution in [1.29, 1.82) is 0 Å². The number of carbonyl (C=O) groups excluding carboxylic acids is 2. The molecule has 0 atom stereocenters. The van der Waals surface area contributed by atoms with Crippen LogP contribution in [0.3, 0.4) is 0 Å². The fourth-order valence-electron chi connectivity index (χ4n) is 1.95. The Labute approximate surface area is 109 Å². The molecule has 1 aromatic rings. The van der Waals surface area contributed by atoms with E-state index in [0.717, 1.165) is 5.56 Å². The van der Waals surface area contributed by atoms with Gasteiger partial charge in [0.15, 0.2) is 0 Å². The minimum atomic E-state index is -0.664. The van der Waals surface area contributed by atoms with E-state index in [0.29, 0.717) is 31.5 Å². The van der Waals surface area contributed by atoms with Gasteiger partial charge in [-0.15, -0.1) is 0 Å². The molecule has 2 rings (SSSR count). The number of rotatable bonds is 4. The van der Waals surface area contributed by atoms with Crippen molar-refractivity contribution in [3.05, 3.63) is 29.1 Å². The van der Waals surface area contributed by atoms with Crippen LogP contribution in [0, 0.1) is 5.82 Å². The van der Waals surface area contributed by atoms with Gasteiger partial charge in [-0.3, -0.25) is 9.59 Å². The number of aliphatic hydroxyl groups is 1. The van der Waals surface area contributed by atoms with E-state index in [1.807, 2.05) is 0 Å². The van der Waals surface area contributed by atoms with Crippen molar-refractivity contribution in [2.24, 2.45) is 0 Å². The van der Waals surface area contributed by atoms with Crippen LogP contribution in [-0.2, 0) is 11.2 Å². The van der Waals surface area contributed by atoms with Crippen molar-refractivity contribution >= 4 is 17.5 Å². The number of hydrogen-bond acceptors (Lipinski definition) is 3. The molecule has 0 aromatic heterocycles. The number of carbonyl (C=O) groups is 2. The zero-order valence-corrected chi connectivity index (χ0v) is 10.3. The van der Waals surface area contributed by atoms with Crippen LogP contribution in [0.1, 0.15) is 28.8 Å². The first-order valence-electron chi connectivity index (χ1n) is 6.13. The van der Waals surface area contributed by atoms with Crippen molar-refractivity contribution < 1.29 is 19.1 Å². The highest BCUT2D eigenvalue weighted by Crippen LogP contribution is 2.25. The Kier molecular flexibility index (Phi) is 4.11. The second kappa shape index (κ2) is 5.79. The summed E-state index contributed by atoms with van der Waals surface area (Å²) < 4.78 is 13.8. The number of halogens is 1. The van der Waals surface area contributed by atoms with Crippen LogP contribution in [-0.4, -0.2) is 30.1 Å². The van der Waals surface area contributed by atoms with Crippen molar-refractivity contribution in [2.45, 2.75) is 19.3 Å². The van der Waals surface area contributed by atoms with Crippen LogP contribution in [0.2, 0.25) is 0 Å². The van der Waals surface area contributed by atoms with Crippen molar-refractivity contribution in [2.75, 3.05) is 18.5 Å². The predicted molar refractivity (Wildman–Crippen MR) is 67.4 cm³/mol. The highest BCUT2D eigenvalue weighted by molar-refractivity contribution is 5.98. The van der Waals surface area contributed by atoms with E-state index >= 15 is 0 Å². The molecular formula is C13H15FN2O3. The van der Waals surface area contributed by atoms with E-state index in [1.165, 1.54) is 12.1 Å². The molecule has 1 aliphatic rings. The molecule has 0 fully saturated rings. The zero-order valence-electron chi connectivity index (χ0n) is 10.3. The second-order valence-electron chi connectivity index (χ2n) is 4.37. The smallest absolute Gasteiger partial charge is 0.254 e. The SMILES string of the molecule is O=C1CCc2cc(C(=O)NCCCO)c(F)cc2N1. The standard InChI is InChI=1S/C13H15FN2O3/c14-10-7-11-8(2-3-12(18)16-11)6-9(10)13(19)15-4-1-5-17/h6-7,17H,1-5H2,(H,15,19)(H,16,18). The first kappa shape index (κ1) is 13.5. The minimum absolute atomic E-state index is 0.0288. The topological polar surface area (TPSA) is 78.4 Å². The summed E-state index contributed by atoms with van der Waals surface area (Å²) >= 11 is 0. The number of benzene rings is 1. The Morgan fingerprint density at radius 3 is 2.95 bits per heavy atom. The van der Waals surface area contributed by atoms with Crippen LogP contribution >= 0.6 is 0 Å². The molecule has 0 aliphatic carbocycles. The normalized spacial score (nSPS) is 13.7. The first-order chi connectivity index (χ1) is 9.11. The molecule has 0 bridgehead atoms. The lowest BCUT2D eigenvalue weighted by Crippen LogP contribution is -2.27. The lowest BCUT2D eigenvalue weighted by atomic mass is 9.99. The zero-order chi connectivity index (χ0) is 13.8. The number of aliphatic hydroxyl groups excluding tert-OH is 1. The largest absolute Gasteiger partial charge is 0.396 e.